The van der Waals surface area contributed by atoms with Crippen LogP contribution in [0, 0.1) is 23.0 Å². The van der Waals surface area contributed by atoms with Crippen LogP contribution < -0.4 is 5.73 Å². The van der Waals surface area contributed by atoms with Crippen molar-refractivity contribution in [2.75, 3.05) is 13.1 Å². The van der Waals surface area contributed by atoms with Crippen LogP contribution in [-0.2, 0) is 10.0 Å². The molecule has 0 saturated carbocycles. The second-order valence-corrected chi connectivity index (χ2v) is 6.61. The summed E-state index contributed by atoms with van der Waals surface area (Å²) in [5.41, 5.74) is 5.39. The van der Waals surface area contributed by atoms with Gasteiger partial charge < -0.3 is 5.73 Å². The third kappa shape index (κ3) is 2.80. The molecule has 0 unspecified atom stereocenters. The van der Waals surface area contributed by atoms with Crippen molar-refractivity contribution in [1.82, 2.24) is 4.31 Å². The molecule has 110 valence electrons. The molecule has 20 heavy (non-hydrogen) atoms. The van der Waals surface area contributed by atoms with Gasteiger partial charge in [-0.05, 0) is 25.0 Å². The van der Waals surface area contributed by atoms with E-state index < -0.39 is 26.6 Å². The highest BCUT2D eigenvalue weighted by Crippen LogP contribution is 2.25. The monoisotopic (exact) mass is 303 g/mol. The summed E-state index contributed by atoms with van der Waals surface area (Å²) >= 11 is 0. The first-order valence-corrected chi connectivity index (χ1v) is 7.55. The Labute approximate surface area is 115 Å². The third-order valence-electron chi connectivity index (χ3n) is 3.41. The maximum atomic E-state index is 13.6. The average molecular weight is 303 g/mol. The molecule has 0 aliphatic carbocycles. The topological polar surface area (TPSA) is 87.2 Å². The molecule has 1 aliphatic rings. The van der Waals surface area contributed by atoms with E-state index in [0.29, 0.717) is 18.9 Å². The second-order valence-electron chi connectivity index (χ2n) is 4.71. The minimum Gasteiger partial charge on any atom is -0.387 e. The number of sulfonamides is 1. The van der Waals surface area contributed by atoms with Crippen LogP contribution in [0.3, 0.4) is 0 Å². The van der Waals surface area contributed by atoms with Gasteiger partial charge in [0.25, 0.3) is 0 Å². The first kappa shape index (κ1) is 14.9. The fourth-order valence-electron chi connectivity index (χ4n) is 2.23. The number of rotatable bonds is 3. The lowest BCUT2D eigenvalue weighted by atomic mass is 9.97. The predicted molar refractivity (Wildman–Crippen MR) is 69.8 cm³/mol. The summed E-state index contributed by atoms with van der Waals surface area (Å²) in [6, 6.07) is 2.39. The van der Waals surface area contributed by atoms with Gasteiger partial charge in [0.1, 0.15) is 16.5 Å². The number of nitrogens with one attached hydrogen (secondary N) is 1. The van der Waals surface area contributed by atoms with Crippen LogP contribution in [0.1, 0.15) is 12.8 Å². The first-order chi connectivity index (χ1) is 9.32. The molecule has 2 rings (SSSR count). The third-order valence-corrected chi connectivity index (χ3v) is 5.34. The number of hydrogen-bond acceptors (Lipinski definition) is 3. The van der Waals surface area contributed by atoms with Crippen molar-refractivity contribution in [1.29, 1.82) is 5.41 Å². The Bertz CT molecular complexity index is 626. The molecule has 1 aliphatic heterocycles. The molecule has 1 saturated heterocycles. The van der Waals surface area contributed by atoms with Crippen molar-refractivity contribution < 1.29 is 17.2 Å². The Morgan fingerprint density at radius 3 is 2.40 bits per heavy atom. The fraction of sp³-hybridized carbons (Fsp3) is 0.417. The lowest BCUT2D eigenvalue weighted by Crippen LogP contribution is -2.41. The lowest BCUT2D eigenvalue weighted by molar-refractivity contribution is 0.313. The van der Waals surface area contributed by atoms with Gasteiger partial charge in [0.05, 0.1) is 5.84 Å². The van der Waals surface area contributed by atoms with Crippen LogP contribution in [-0.4, -0.2) is 31.6 Å². The molecule has 1 heterocycles. The first-order valence-electron chi connectivity index (χ1n) is 6.11. The zero-order valence-electron chi connectivity index (χ0n) is 10.6. The van der Waals surface area contributed by atoms with Crippen molar-refractivity contribution in [3.63, 3.8) is 0 Å². The Morgan fingerprint density at radius 2 is 1.90 bits per heavy atom. The van der Waals surface area contributed by atoms with E-state index in [2.05, 4.69) is 0 Å². The highest BCUT2D eigenvalue weighted by Gasteiger charge is 2.32. The number of benzene rings is 1. The van der Waals surface area contributed by atoms with Crippen molar-refractivity contribution in [3.05, 3.63) is 29.8 Å². The second kappa shape index (κ2) is 5.45. The number of halogens is 2. The van der Waals surface area contributed by atoms with E-state index in [1.54, 1.807) is 0 Å². The average Bonchev–Trinajstić information content (AvgIpc) is 2.38. The molecular weight excluding hydrogens is 288 g/mol. The molecule has 0 aromatic heterocycles. The van der Waals surface area contributed by atoms with Crippen molar-refractivity contribution >= 4 is 15.9 Å². The minimum atomic E-state index is -3.98. The minimum absolute atomic E-state index is 0.0370. The SMILES string of the molecule is N=C(N)C1CCN(S(=O)(=O)c2ccc(F)cc2F)CC1. The normalized spacial score (nSPS) is 18.1. The molecule has 1 fully saturated rings. The molecular formula is C12H15F2N3O2S. The summed E-state index contributed by atoms with van der Waals surface area (Å²) in [7, 11) is -3.98. The maximum Gasteiger partial charge on any atom is 0.245 e. The van der Waals surface area contributed by atoms with Crippen LogP contribution in [0.5, 0.6) is 0 Å². The Hall–Kier alpha value is -1.54. The zero-order chi connectivity index (χ0) is 14.9. The number of hydrogen-bond donors (Lipinski definition) is 2. The van der Waals surface area contributed by atoms with E-state index >= 15 is 0 Å². The molecule has 1 aromatic rings. The van der Waals surface area contributed by atoms with Crippen LogP contribution in [0.15, 0.2) is 23.1 Å². The maximum absolute atomic E-state index is 13.6. The van der Waals surface area contributed by atoms with E-state index in [0.717, 1.165) is 16.4 Å². The summed E-state index contributed by atoms with van der Waals surface area (Å²) in [6.45, 7) is 0.340. The highest BCUT2D eigenvalue weighted by molar-refractivity contribution is 7.89. The summed E-state index contributed by atoms with van der Waals surface area (Å²) in [5, 5.41) is 7.34. The van der Waals surface area contributed by atoms with E-state index in [4.69, 9.17) is 11.1 Å². The Balaban J connectivity index is 2.22. The fourth-order valence-corrected chi connectivity index (χ4v) is 3.75. The quantitative estimate of drug-likeness (QED) is 0.652. The molecule has 8 heteroatoms. The summed E-state index contributed by atoms with van der Waals surface area (Å²) in [5.74, 6) is -2.02. The summed E-state index contributed by atoms with van der Waals surface area (Å²) in [6.07, 6.45) is 0.856. The smallest absolute Gasteiger partial charge is 0.245 e. The lowest BCUT2D eigenvalue weighted by Gasteiger charge is -2.30. The molecule has 0 radical (unpaired) electrons. The summed E-state index contributed by atoms with van der Waals surface area (Å²) in [4.78, 5) is -0.528. The van der Waals surface area contributed by atoms with Gasteiger partial charge in [-0.3, -0.25) is 5.41 Å². The van der Waals surface area contributed by atoms with E-state index in [9.17, 15) is 17.2 Å². The van der Waals surface area contributed by atoms with E-state index in [1.807, 2.05) is 0 Å². The molecule has 0 amide bonds. The highest BCUT2D eigenvalue weighted by atomic mass is 32.2. The zero-order valence-corrected chi connectivity index (χ0v) is 11.5. The van der Waals surface area contributed by atoms with Crippen LogP contribution in [0.2, 0.25) is 0 Å². The number of nitrogens with zero attached hydrogens (tertiary/aromatic N) is 1. The van der Waals surface area contributed by atoms with Crippen molar-refractivity contribution in [2.45, 2.75) is 17.7 Å². The van der Waals surface area contributed by atoms with Gasteiger partial charge in [-0.1, -0.05) is 0 Å². The van der Waals surface area contributed by atoms with Crippen molar-refractivity contribution in [3.8, 4) is 0 Å². The van der Waals surface area contributed by atoms with E-state index in [-0.39, 0.29) is 24.8 Å². The standard InChI is InChI=1S/C12H15F2N3O2S/c13-9-1-2-11(10(14)7-9)20(18,19)17-5-3-8(4-6-17)12(15)16/h1-2,7-8H,3-6H2,(H3,15,16). The van der Waals surface area contributed by atoms with Crippen LogP contribution in [0.25, 0.3) is 0 Å². The Kier molecular flexibility index (Phi) is 4.05. The van der Waals surface area contributed by atoms with Gasteiger partial charge in [-0.15, -0.1) is 0 Å². The largest absolute Gasteiger partial charge is 0.387 e. The van der Waals surface area contributed by atoms with Gasteiger partial charge >= 0.3 is 0 Å². The van der Waals surface area contributed by atoms with Crippen molar-refractivity contribution in [2.24, 2.45) is 11.7 Å². The van der Waals surface area contributed by atoms with Gasteiger partial charge in [-0.2, -0.15) is 4.31 Å². The van der Waals surface area contributed by atoms with Crippen LogP contribution in [0.4, 0.5) is 8.78 Å². The van der Waals surface area contributed by atoms with E-state index in [1.165, 1.54) is 0 Å². The number of nitrogens with two attached hydrogens (primary N) is 1. The van der Waals surface area contributed by atoms with Crippen LogP contribution >= 0.6 is 0 Å². The van der Waals surface area contributed by atoms with Gasteiger partial charge in [0.15, 0.2) is 0 Å². The number of piperidine rings is 1. The Morgan fingerprint density at radius 1 is 1.30 bits per heavy atom. The molecule has 5 nitrogen and oxygen atoms in total. The number of amidine groups is 1. The predicted octanol–water partition coefficient (Wildman–Crippen LogP) is 1.30. The molecule has 1 aromatic carbocycles. The van der Waals surface area contributed by atoms with Gasteiger partial charge in [0, 0.05) is 25.1 Å². The molecule has 0 spiro atoms. The van der Waals surface area contributed by atoms with Gasteiger partial charge in [-0.25, -0.2) is 17.2 Å². The molecule has 0 bridgehead atoms. The summed E-state index contributed by atoms with van der Waals surface area (Å²) < 4.78 is 52.1. The van der Waals surface area contributed by atoms with Gasteiger partial charge in [0.2, 0.25) is 10.0 Å². The molecule has 0 atom stereocenters. The molecule has 3 N–H and O–H groups in total.